The fourth-order valence-corrected chi connectivity index (χ4v) is 3.34. The minimum atomic E-state index is -0.771. The summed E-state index contributed by atoms with van der Waals surface area (Å²) in [4.78, 5) is 23.1. The fourth-order valence-electron chi connectivity index (χ4n) is 2.87. The van der Waals surface area contributed by atoms with E-state index >= 15 is 0 Å². The van der Waals surface area contributed by atoms with E-state index in [0.29, 0.717) is 28.6 Å². The van der Waals surface area contributed by atoms with E-state index in [-0.39, 0.29) is 17.7 Å². The predicted octanol–water partition coefficient (Wildman–Crippen LogP) is 4.01. The topological polar surface area (TPSA) is 66.4 Å². The molecule has 1 aromatic rings. The van der Waals surface area contributed by atoms with Crippen LogP contribution in [-0.4, -0.2) is 23.5 Å². The number of carbonyl (C=O) groups is 2. The van der Waals surface area contributed by atoms with Gasteiger partial charge in [-0.15, -0.1) is 0 Å². The van der Waals surface area contributed by atoms with Gasteiger partial charge in [-0.1, -0.05) is 42.1 Å². The van der Waals surface area contributed by atoms with Crippen LogP contribution in [0.1, 0.15) is 31.2 Å². The molecule has 1 amide bonds. The van der Waals surface area contributed by atoms with Gasteiger partial charge >= 0.3 is 5.97 Å². The Balaban J connectivity index is 1.89. The molecule has 2 N–H and O–H groups in total. The van der Waals surface area contributed by atoms with Crippen LogP contribution in [0.5, 0.6) is 0 Å². The van der Waals surface area contributed by atoms with Crippen LogP contribution in [0.25, 0.3) is 6.08 Å². The molecule has 1 aromatic carbocycles. The second kappa shape index (κ2) is 8.37. The lowest BCUT2D eigenvalue weighted by atomic mass is 9.79. The van der Waals surface area contributed by atoms with Gasteiger partial charge < -0.3 is 10.4 Å². The molecular formula is C17H19Cl2NO3. The summed E-state index contributed by atoms with van der Waals surface area (Å²) in [6.07, 6.45) is 6.49. The van der Waals surface area contributed by atoms with Crippen LogP contribution in [0.2, 0.25) is 10.0 Å². The maximum atomic E-state index is 11.9. The number of halogens is 2. The molecule has 0 spiro atoms. The average molecular weight is 356 g/mol. The second-order valence-corrected chi connectivity index (χ2v) is 6.58. The van der Waals surface area contributed by atoms with Crippen LogP contribution in [0.15, 0.2) is 24.3 Å². The summed E-state index contributed by atoms with van der Waals surface area (Å²) in [5, 5.41) is 13.0. The minimum absolute atomic E-state index is 0.00211. The van der Waals surface area contributed by atoms with Gasteiger partial charge in [0, 0.05) is 22.7 Å². The van der Waals surface area contributed by atoms with E-state index in [1.807, 2.05) is 0 Å². The van der Waals surface area contributed by atoms with E-state index in [4.69, 9.17) is 23.2 Å². The van der Waals surface area contributed by atoms with E-state index < -0.39 is 5.97 Å². The Hall–Kier alpha value is -1.52. The number of amides is 1. The lowest BCUT2D eigenvalue weighted by Gasteiger charge is -2.28. The van der Waals surface area contributed by atoms with Gasteiger partial charge in [0.1, 0.15) is 0 Å². The van der Waals surface area contributed by atoms with Crippen LogP contribution in [0.4, 0.5) is 0 Å². The fraction of sp³-hybridized carbons (Fsp3) is 0.412. The highest BCUT2D eigenvalue weighted by molar-refractivity contribution is 6.35. The normalized spacial score (nSPS) is 21.3. The Labute approximate surface area is 145 Å². The van der Waals surface area contributed by atoms with Crippen LogP contribution < -0.4 is 5.32 Å². The van der Waals surface area contributed by atoms with Gasteiger partial charge in [0.05, 0.1) is 5.92 Å². The first kappa shape index (κ1) is 17.8. The summed E-state index contributed by atoms with van der Waals surface area (Å²) in [6, 6.07) is 5.04. The van der Waals surface area contributed by atoms with E-state index in [1.54, 1.807) is 24.3 Å². The Kier molecular flexibility index (Phi) is 6.48. The van der Waals surface area contributed by atoms with Crippen LogP contribution in [0.3, 0.4) is 0 Å². The van der Waals surface area contributed by atoms with E-state index in [9.17, 15) is 14.7 Å². The quantitative estimate of drug-likeness (QED) is 0.784. The molecule has 124 valence electrons. The van der Waals surface area contributed by atoms with Gasteiger partial charge in [0.2, 0.25) is 5.91 Å². The first-order valence-corrected chi connectivity index (χ1v) is 8.36. The molecule has 0 aliphatic heterocycles. The minimum Gasteiger partial charge on any atom is -0.481 e. The molecular weight excluding hydrogens is 337 g/mol. The van der Waals surface area contributed by atoms with Crippen molar-refractivity contribution in [1.29, 1.82) is 0 Å². The summed E-state index contributed by atoms with van der Waals surface area (Å²) in [7, 11) is 0. The van der Waals surface area contributed by atoms with Gasteiger partial charge in [-0.2, -0.15) is 0 Å². The van der Waals surface area contributed by atoms with Crippen LogP contribution in [-0.2, 0) is 9.59 Å². The van der Waals surface area contributed by atoms with Crippen LogP contribution in [0, 0.1) is 11.8 Å². The Morgan fingerprint density at radius 1 is 1.26 bits per heavy atom. The number of nitrogens with one attached hydrogen (secondary N) is 1. The Morgan fingerprint density at radius 3 is 2.70 bits per heavy atom. The van der Waals surface area contributed by atoms with Crippen molar-refractivity contribution in [3.05, 3.63) is 39.9 Å². The van der Waals surface area contributed by atoms with E-state index in [1.165, 1.54) is 6.08 Å². The van der Waals surface area contributed by atoms with Crippen LogP contribution >= 0.6 is 23.2 Å². The molecule has 0 unspecified atom stereocenters. The van der Waals surface area contributed by atoms with Crippen molar-refractivity contribution >= 4 is 41.2 Å². The lowest BCUT2D eigenvalue weighted by molar-refractivity contribution is -0.145. The Morgan fingerprint density at radius 2 is 2.00 bits per heavy atom. The Bertz CT molecular complexity index is 616. The number of carbonyl (C=O) groups excluding carboxylic acids is 1. The zero-order valence-electron chi connectivity index (χ0n) is 12.6. The number of hydrogen-bond acceptors (Lipinski definition) is 2. The molecule has 4 nitrogen and oxygen atoms in total. The standard InChI is InChI=1S/C17H19Cl2NO3/c18-13-7-5-11(15(19)9-13)6-8-16(21)20-10-12-3-1-2-4-14(12)17(22)23/h5-9,12,14H,1-4,10H2,(H,20,21)(H,22,23)/b8-6+/t12-,14-/m0/s1. The molecule has 1 saturated carbocycles. The van der Waals surface area contributed by atoms with Crippen molar-refractivity contribution < 1.29 is 14.7 Å². The third-order valence-corrected chi connectivity index (χ3v) is 4.70. The smallest absolute Gasteiger partial charge is 0.306 e. The number of aliphatic carboxylic acids is 1. The SMILES string of the molecule is O=C(/C=C/c1ccc(Cl)cc1Cl)NC[C@@H]1CCCC[C@@H]1C(=O)O. The molecule has 2 rings (SSSR count). The largest absolute Gasteiger partial charge is 0.481 e. The summed E-state index contributed by atoms with van der Waals surface area (Å²) in [5.74, 6) is -1.39. The zero-order valence-corrected chi connectivity index (χ0v) is 14.1. The lowest BCUT2D eigenvalue weighted by Crippen LogP contribution is -2.36. The summed E-state index contributed by atoms with van der Waals surface area (Å²) >= 11 is 11.9. The number of rotatable bonds is 5. The maximum Gasteiger partial charge on any atom is 0.306 e. The summed E-state index contributed by atoms with van der Waals surface area (Å²) < 4.78 is 0. The molecule has 0 saturated heterocycles. The van der Waals surface area contributed by atoms with Crippen molar-refractivity contribution in [2.24, 2.45) is 11.8 Å². The third-order valence-electron chi connectivity index (χ3n) is 4.14. The van der Waals surface area contributed by atoms with Crippen molar-refractivity contribution in [2.75, 3.05) is 6.54 Å². The highest BCUT2D eigenvalue weighted by atomic mass is 35.5. The monoisotopic (exact) mass is 355 g/mol. The molecule has 6 heteroatoms. The van der Waals surface area contributed by atoms with Crippen molar-refractivity contribution in [3.63, 3.8) is 0 Å². The highest BCUT2D eigenvalue weighted by Crippen LogP contribution is 2.29. The molecule has 1 aliphatic rings. The molecule has 1 fully saturated rings. The zero-order chi connectivity index (χ0) is 16.8. The number of carboxylic acid groups (broad SMARTS) is 1. The van der Waals surface area contributed by atoms with E-state index in [0.717, 1.165) is 19.3 Å². The molecule has 0 radical (unpaired) electrons. The highest BCUT2D eigenvalue weighted by Gasteiger charge is 2.30. The van der Waals surface area contributed by atoms with Gasteiger partial charge in [0.15, 0.2) is 0 Å². The molecule has 0 bridgehead atoms. The molecule has 23 heavy (non-hydrogen) atoms. The van der Waals surface area contributed by atoms with Gasteiger partial charge in [-0.25, -0.2) is 0 Å². The summed E-state index contributed by atoms with van der Waals surface area (Å²) in [6.45, 7) is 0.383. The molecule has 0 heterocycles. The van der Waals surface area contributed by atoms with Gasteiger partial charge in [-0.3, -0.25) is 9.59 Å². The number of benzene rings is 1. The third kappa shape index (κ3) is 5.26. The first-order chi connectivity index (χ1) is 11.0. The van der Waals surface area contributed by atoms with Gasteiger partial charge in [0.25, 0.3) is 0 Å². The van der Waals surface area contributed by atoms with E-state index in [2.05, 4.69) is 5.32 Å². The maximum absolute atomic E-state index is 11.9. The number of hydrogen-bond donors (Lipinski definition) is 2. The number of carboxylic acids is 1. The average Bonchev–Trinajstić information content (AvgIpc) is 2.52. The molecule has 2 atom stereocenters. The van der Waals surface area contributed by atoms with Crippen molar-refractivity contribution in [3.8, 4) is 0 Å². The van der Waals surface area contributed by atoms with Crippen molar-refractivity contribution in [1.82, 2.24) is 5.32 Å². The molecule has 1 aliphatic carbocycles. The van der Waals surface area contributed by atoms with Crippen molar-refractivity contribution in [2.45, 2.75) is 25.7 Å². The first-order valence-electron chi connectivity index (χ1n) is 7.61. The van der Waals surface area contributed by atoms with Gasteiger partial charge in [-0.05, 0) is 42.5 Å². The second-order valence-electron chi connectivity index (χ2n) is 5.73. The summed E-state index contributed by atoms with van der Waals surface area (Å²) in [5.41, 5.74) is 0.701. The molecule has 0 aromatic heterocycles. The predicted molar refractivity (Wildman–Crippen MR) is 91.6 cm³/mol.